The van der Waals surface area contributed by atoms with Gasteiger partial charge in [0.2, 0.25) is 5.91 Å². The van der Waals surface area contributed by atoms with Crippen molar-refractivity contribution in [2.24, 2.45) is 0 Å². The summed E-state index contributed by atoms with van der Waals surface area (Å²) in [5, 5.41) is 5.17. The van der Waals surface area contributed by atoms with Crippen LogP contribution in [0, 0.1) is 20.8 Å². The molecule has 2 heterocycles. The molecule has 226 valence electrons. The first-order chi connectivity index (χ1) is 20.3. The van der Waals surface area contributed by atoms with Gasteiger partial charge in [0.05, 0.1) is 20.8 Å². The zero-order valence-electron chi connectivity index (χ0n) is 25.6. The predicted molar refractivity (Wildman–Crippen MR) is 170 cm³/mol. The molecule has 2 aromatic carbocycles. The number of anilines is 1. The number of likely N-dealkylation sites (tertiary alicyclic amines) is 1. The highest BCUT2D eigenvalue weighted by molar-refractivity contribution is 7.10. The van der Waals surface area contributed by atoms with E-state index in [0.29, 0.717) is 37.6 Å². The van der Waals surface area contributed by atoms with E-state index in [1.54, 1.807) is 30.5 Å². The number of amides is 3. The molecule has 1 aliphatic rings. The molecule has 1 saturated heterocycles. The first kappa shape index (κ1) is 31.4. The number of carbonyl (C=O) groups excluding carboxylic acids is 2. The van der Waals surface area contributed by atoms with Gasteiger partial charge in [0.25, 0.3) is 0 Å². The first-order valence-corrected chi connectivity index (χ1v) is 15.5. The number of ether oxygens (including phenoxy) is 2. The summed E-state index contributed by atoms with van der Waals surface area (Å²) >= 11 is 1.66. The van der Waals surface area contributed by atoms with Crippen molar-refractivity contribution in [1.29, 1.82) is 0 Å². The second kappa shape index (κ2) is 15.1. The summed E-state index contributed by atoms with van der Waals surface area (Å²) < 4.78 is 10.9. The van der Waals surface area contributed by atoms with E-state index in [-0.39, 0.29) is 18.5 Å². The minimum Gasteiger partial charge on any atom is -0.493 e. The molecular weight excluding hydrogens is 548 g/mol. The number of methoxy groups -OCH3 is 2. The number of para-hydroxylation sites is 1. The molecule has 0 spiro atoms. The Balaban J connectivity index is 1.52. The highest BCUT2D eigenvalue weighted by Crippen LogP contribution is 2.28. The van der Waals surface area contributed by atoms with Crippen molar-refractivity contribution in [1.82, 2.24) is 14.7 Å². The maximum absolute atomic E-state index is 14.0. The number of thiophene rings is 1. The molecule has 0 unspecified atom stereocenters. The van der Waals surface area contributed by atoms with E-state index >= 15 is 0 Å². The van der Waals surface area contributed by atoms with Gasteiger partial charge in [-0.3, -0.25) is 4.79 Å². The number of benzene rings is 2. The van der Waals surface area contributed by atoms with E-state index in [4.69, 9.17) is 9.47 Å². The van der Waals surface area contributed by atoms with Crippen LogP contribution in [0.1, 0.15) is 40.0 Å². The van der Waals surface area contributed by atoms with Gasteiger partial charge in [-0.05, 0) is 99.0 Å². The lowest BCUT2D eigenvalue weighted by molar-refractivity contribution is -0.132. The average molecular weight is 593 g/mol. The number of nitrogens with zero attached hydrogens (tertiary/aromatic N) is 3. The third kappa shape index (κ3) is 8.26. The lowest BCUT2D eigenvalue weighted by atomic mass is 10.1. The summed E-state index contributed by atoms with van der Waals surface area (Å²) in [6.07, 6.45) is 3.01. The normalized spacial score (nSPS) is 13.2. The summed E-state index contributed by atoms with van der Waals surface area (Å²) in [6, 6.07) is 13.6. The number of aryl methyl sites for hydroxylation is 3. The molecule has 4 rings (SSSR count). The number of hydrogen-bond acceptors (Lipinski definition) is 6. The Hall–Kier alpha value is -3.56. The third-order valence-electron chi connectivity index (χ3n) is 7.98. The Morgan fingerprint density at radius 3 is 2.26 bits per heavy atom. The van der Waals surface area contributed by atoms with Crippen LogP contribution in [0.5, 0.6) is 11.5 Å². The van der Waals surface area contributed by atoms with Gasteiger partial charge >= 0.3 is 6.03 Å². The number of rotatable bonds is 13. The van der Waals surface area contributed by atoms with Gasteiger partial charge in [-0.25, -0.2) is 4.79 Å². The van der Waals surface area contributed by atoms with Crippen LogP contribution in [0.15, 0.2) is 47.8 Å². The third-order valence-corrected chi connectivity index (χ3v) is 8.99. The van der Waals surface area contributed by atoms with Gasteiger partial charge in [-0.1, -0.05) is 24.3 Å². The average Bonchev–Trinajstić information content (AvgIpc) is 3.66. The fourth-order valence-corrected chi connectivity index (χ4v) is 6.23. The van der Waals surface area contributed by atoms with Crippen LogP contribution in [0.4, 0.5) is 10.5 Å². The van der Waals surface area contributed by atoms with E-state index in [1.165, 1.54) is 18.4 Å². The van der Waals surface area contributed by atoms with Crippen molar-refractivity contribution >= 4 is 29.0 Å². The molecule has 0 radical (unpaired) electrons. The molecule has 42 heavy (non-hydrogen) atoms. The number of nitrogens with one attached hydrogen (secondary N) is 1. The summed E-state index contributed by atoms with van der Waals surface area (Å²) in [5.74, 6) is 1.27. The topological polar surface area (TPSA) is 74.4 Å². The van der Waals surface area contributed by atoms with E-state index < -0.39 is 0 Å². The van der Waals surface area contributed by atoms with Gasteiger partial charge in [-0.15, -0.1) is 11.3 Å². The fraction of sp³-hybridized carbons (Fsp3) is 0.455. The molecule has 0 atom stereocenters. The molecular formula is C33H44N4O4S. The molecule has 0 aliphatic carbocycles. The van der Waals surface area contributed by atoms with Crippen LogP contribution in [-0.2, 0) is 17.8 Å². The van der Waals surface area contributed by atoms with Crippen molar-refractivity contribution in [2.45, 2.75) is 46.6 Å². The lowest BCUT2D eigenvalue weighted by Crippen LogP contribution is -2.47. The Labute approximate surface area is 254 Å². The van der Waals surface area contributed by atoms with Gasteiger partial charge in [0.1, 0.15) is 6.54 Å². The predicted octanol–water partition coefficient (Wildman–Crippen LogP) is 5.89. The van der Waals surface area contributed by atoms with Crippen LogP contribution >= 0.6 is 11.3 Å². The first-order valence-electron chi connectivity index (χ1n) is 14.6. The van der Waals surface area contributed by atoms with Crippen molar-refractivity contribution in [3.8, 4) is 11.5 Å². The Kier molecular flexibility index (Phi) is 11.3. The van der Waals surface area contributed by atoms with Gasteiger partial charge in [0, 0.05) is 30.2 Å². The van der Waals surface area contributed by atoms with E-state index in [9.17, 15) is 9.59 Å². The monoisotopic (exact) mass is 592 g/mol. The Morgan fingerprint density at radius 2 is 1.62 bits per heavy atom. The van der Waals surface area contributed by atoms with Crippen molar-refractivity contribution < 1.29 is 19.1 Å². The zero-order chi connectivity index (χ0) is 30.1. The maximum atomic E-state index is 14.0. The van der Waals surface area contributed by atoms with Gasteiger partial charge in [0.15, 0.2) is 11.5 Å². The fourth-order valence-electron chi connectivity index (χ4n) is 5.31. The van der Waals surface area contributed by atoms with Crippen LogP contribution in [-0.4, -0.2) is 80.1 Å². The Bertz CT molecular complexity index is 1330. The molecule has 1 N–H and O–H groups in total. The molecule has 3 amide bonds. The number of carbonyl (C=O) groups is 2. The standard InChI is InChI=1S/C33H44N4O4S/c1-24-14-20-42-30(24)22-36(17-13-27-11-12-28(40-4)29(21-27)41-5)31(38)23-37(19-18-35-15-6-7-16-35)33(39)34-32-25(2)9-8-10-26(32)3/h8-12,14,20-21H,6-7,13,15-19,22-23H2,1-5H3,(H,34,39). The molecule has 1 aliphatic heterocycles. The molecule has 3 aromatic rings. The number of urea groups is 1. The summed E-state index contributed by atoms with van der Waals surface area (Å²) in [5.41, 5.74) is 5.02. The van der Waals surface area contributed by atoms with Crippen LogP contribution in [0.3, 0.4) is 0 Å². The quantitative estimate of drug-likeness (QED) is 0.268. The van der Waals surface area contributed by atoms with Gasteiger partial charge < -0.3 is 29.5 Å². The SMILES string of the molecule is COc1ccc(CCN(Cc2sccc2C)C(=O)CN(CCN2CCCC2)C(=O)Nc2c(C)cccc2C)cc1OC. The smallest absolute Gasteiger partial charge is 0.322 e. The summed E-state index contributed by atoms with van der Waals surface area (Å²) in [4.78, 5) is 34.7. The minimum atomic E-state index is -0.243. The van der Waals surface area contributed by atoms with E-state index in [2.05, 4.69) is 28.6 Å². The molecule has 0 bridgehead atoms. The van der Waals surface area contributed by atoms with E-state index in [0.717, 1.165) is 46.9 Å². The second-order valence-electron chi connectivity index (χ2n) is 10.9. The summed E-state index contributed by atoms with van der Waals surface area (Å²) in [7, 11) is 3.24. The largest absolute Gasteiger partial charge is 0.493 e. The maximum Gasteiger partial charge on any atom is 0.322 e. The lowest BCUT2D eigenvalue weighted by Gasteiger charge is -2.29. The molecule has 9 heteroatoms. The van der Waals surface area contributed by atoms with Crippen LogP contribution in [0.25, 0.3) is 0 Å². The highest BCUT2D eigenvalue weighted by atomic mass is 32.1. The number of hydrogen-bond donors (Lipinski definition) is 1. The van der Waals surface area contributed by atoms with E-state index in [1.807, 2.05) is 55.1 Å². The van der Waals surface area contributed by atoms with Gasteiger partial charge in [-0.2, -0.15) is 0 Å². The second-order valence-corrected chi connectivity index (χ2v) is 11.9. The van der Waals surface area contributed by atoms with Crippen molar-refractivity contribution in [3.63, 3.8) is 0 Å². The van der Waals surface area contributed by atoms with Crippen molar-refractivity contribution in [3.05, 3.63) is 75.0 Å². The zero-order valence-corrected chi connectivity index (χ0v) is 26.4. The van der Waals surface area contributed by atoms with Crippen LogP contribution in [0.2, 0.25) is 0 Å². The van der Waals surface area contributed by atoms with Crippen LogP contribution < -0.4 is 14.8 Å². The Morgan fingerprint density at radius 1 is 0.905 bits per heavy atom. The van der Waals surface area contributed by atoms with Crippen molar-refractivity contribution in [2.75, 3.05) is 58.8 Å². The summed E-state index contributed by atoms with van der Waals surface area (Å²) in [6.45, 7) is 10.4. The molecule has 1 aromatic heterocycles. The highest BCUT2D eigenvalue weighted by Gasteiger charge is 2.24. The molecule has 1 fully saturated rings. The molecule has 0 saturated carbocycles. The minimum absolute atomic E-state index is 0.0148. The molecule has 8 nitrogen and oxygen atoms in total.